The van der Waals surface area contributed by atoms with E-state index < -0.39 is 5.24 Å². The van der Waals surface area contributed by atoms with Crippen molar-refractivity contribution >= 4 is 119 Å². The molecule has 0 bridgehead atoms. The summed E-state index contributed by atoms with van der Waals surface area (Å²) in [5, 5.41) is 30.6. The van der Waals surface area contributed by atoms with Crippen molar-refractivity contribution in [3.63, 3.8) is 0 Å². The van der Waals surface area contributed by atoms with E-state index in [4.69, 9.17) is 16.6 Å². The van der Waals surface area contributed by atoms with Crippen LogP contribution in [0, 0.1) is 19.0 Å². The number of nitrogens with one attached hydrogen (secondary N) is 5. The SMILES string of the molecule is CCNC(=O)C#Cc1ccc2c(C(=Nc3ccc(CNC)cc3)c3ccccc3)c(O)[nH]c2c1.O=C(Cl)c1ccccc1.O=C(c1ccccc1)c1c(O)[nH]c2cc(I)ccc12.O=C1Cc2ccc(I)cc2N1. The Hall–Kier alpha value is -7.56. The average Bonchev–Trinajstić information content (AvgIpc) is 4.05. The maximum atomic E-state index is 12.4. The average molecular weight is 1210 g/mol. The number of aromatic nitrogens is 2. The Labute approximate surface area is 454 Å². The normalized spacial score (nSPS) is 11.3. The van der Waals surface area contributed by atoms with Gasteiger partial charge in [-0.05, 0) is 130 Å². The second-order valence-electron chi connectivity index (χ2n) is 16.1. The summed E-state index contributed by atoms with van der Waals surface area (Å²) in [6, 6.07) is 52.7. The third-order valence-electron chi connectivity index (χ3n) is 11.0. The van der Waals surface area contributed by atoms with Gasteiger partial charge in [-0.3, -0.25) is 19.2 Å². The van der Waals surface area contributed by atoms with Crippen molar-refractivity contribution in [2.24, 2.45) is 4.99 Å². The molecule has 3 heterocycles. The minimum absolute atomic E-state index is 0.0261. The van der Waals surface area contributed by atoms with E-state index in [1.807, 2.05) is 147 Å². The summed E-state index contributed by atoms with van der Waals surface area (Å²) in [5.41, 5.74) is 9.78. The summed E-state index contributed by atoms with van der Waals surface area (Å²) in [6.07, 6.45) is 0.534. The molecule has 0 atom stereocenters. The molecular formula is C58H47ClI2N6O6. The number of halogens is 3. The van der Waals surface area contributed by atoms with Crippen LogP contribution < -0.4 is 16.0 Å². The maximum Gasteiger partial charge on any atom is 0.296 e. The van der Waals surface area contributed by atoms with E-state index >= 15 is 0 Å². The van der Waals surface area contributed by atoms with Crippen LogP contribution >= 0.6 is 56.8 Å². The van der Waals surface area contributed by atoms with Crippen molar-refractivity contribution in [1.29, 1.82) is 0 Å². The first-order valence-corrected chi connectivity index (χ1v) is 25.3. The van der Waals surface area contributed by atoms with E-state index in [2.05, 4.69) is 82.9 Å². The van der Waals surface area contributed by atoms with E-state index in [9.17, 15) is 29.4 Å². The number of ketones is 1. The second kappa shape index (κ2) is 25.7. The van der Waals surface area contributed by atoms with E-state index in [0.717, 1.165) is 52.5 Å². The van der Waals surface area contributed by atoms with Gasteiger partial charge in [0.05, 0.1) is 40.0 Å². The molecule has 10 rings (SSSR count). The monoisotopic (exact) mass is 1210 g/mol. The van der Waals surface area contributed by atoms with Crippen molar-refractivity contribution < 1.29 is 29.4 Å². The molecule has 12 nitrogen and oxygen atoms in total. The molecule has 2 amide bonds. The molecule has 7 N–H and O–H groups in total. The molecule has 0 radical (unpaired) electrons. The maximum absolute atomic E-state index is 12.4. The Morgan fingerprint density at radius 3 is 1.86 bits per heavy atom. The summed E-state index contributed by atoms with van der Waals surface area (Å²) < 4.78 is 2.20. The number of aliphatic imine (C=N–C) groups is 1. The van der Waals surface area contributed by atoms with Crippen LogP contribution in [0.1, 0.15) is 61.0 Å². The predicted octanol–water partition coefficient (Wildman–Crippen LogP) is 11.8. The van der Waals surface area contributed by atoms with Gasteiger partial charge in [-0.1, -0.05) is 127 Å². The smallest absolute Gasteiger partial charge is 0.296 e. The van der Waals surface area contributed by atoms with Gasteiger partial charge in [0, 0.05) is 64.9 Å². The fourth-order valence-electron chi connectivity index (χ4n) is 7.59. The largest absolute Gasteiger partial charge is 0.494 e. The number of aromatic hydroxyl groups is 2. The summed E-state index contributed by atoms with van der Waals surface area (Å²) in [7, 11) is 1.91. The topological polar surface area (TPSA) is 189 Å². The van der Waals surface area contributed by atoms with Crippen molar-refractivity contribution in [3.05, 3.63) is 222 Å². The molecule has 0 unspecified atom stereocenters. The number of amides is 2. The lowest BCUT2D eigenvalue weighted by Crippen LogP contribution is -2.20. The van der Waals surface area contributed by atoms with Gasteiger partial charge >= 0.3 is 0 Å². The van der Waals surface area contributed by atoms with Crippen LogP contribution in [0.4, 0.5) is 11.4 Å². The number of aromatic amines is 2. The zero-order valence-electron chi connectivity index (χ0n) is 39.4. The van der Waals surface area contributed by atoms with Crippen molar-refractivity contribution in [3.8, 4) is 23.6 Å². The third kappa shape index (κ3) is 14.3. The zero-order chi connectivity index (χ0) is 51.9. The molecule has 0 spiro atoms. The van der Waals surface area contributed by atoms with Crippen molar-refractivity contribution in [2.75, 3.05) is 18.9 Å². The predicted molar refractivity (Wildman–Crippen MR) is 307 cm³/mol. The number of hydrogen-bond donors (Lipinski definition) is 7. The number of carbonyl (C=O) groups excluding carboxylic acids is 4. The van der Waals surface area contributed by atoms with Crippen LogP contribution in [0.5, 0.6) is 11.8 Å². The number of carbonyl (C=O) groups is 4. The van der Waals surface area contributed by atoms with E-state index in [-0.39, 0.29) is 29.4 Å². The quantitative estimate of drug-likeness (QED) is 0.0246. The minimum Gasteiger partial charge on any atom is -0.494 e. The minimum atomic E-state index is -0.407. The highest BCUT2D eigenvalue weighted by atomic mass is 127. The molecule has 7 aromatic carbocycles. The number of fused-ring (bicyclic) bond motifs is 3. The number of benzene rings is 7. The van der Waals surface area contributed by atoms with Crippen LogP contribution in [0.25, 0.3) is 21.8 Å². The van der Waals surface area contributed by atoms with Gasteiger partial charge in [-0.2, -0.15) is 0 Å². The van der Waals surface area contributed by atoms with Crippen LogP contribution in [-0.2, 0) is 22.6 Å². The van der Waals surface area contributed by atoms with Crippen molar-refractivity contribution in [2.45, 2.75) is 19.9 Å². The molecule has 15 heteroatoms. The number of nitrogens with zero attached hydrogens (tertiary/aromatic N) is 1. The molecule has 366 valence electrons. The first-order valence-electron chi connectivity index (χ1n) is 22.8. The number of H-pyrrole nitrogens is 2. The lowest BCUT2D eigenvalue weighted by molar-refractivity contribution is -0.116. The van der Waals surface area contributed by atoms with Gasteiger partial charge in [0.2, 0.25) is 11.8 Å². The lowest BCUT2D eigenvalue weighted by Gasteiger charge is -2.08. The van der Waals surface area contributed by atoms with Gasteiger partial charge in [0.15, 0.2) is 11.7 Å². The second-order valence-corrected chi connectivity index (χ2v) is 19.0. The van der Waals surface area contributed by atoms with Gasteiger partial charge in [-0.25, -0.2) is 4.99 Å². The van der Waals surface area contributed by atoms with Crippen LogP contribution in [0.15, 0.2) is 175 Å². The number of anilines is 1. The fraction of sp³-hybridized carbons (Fsp3) is 0.0862. The first-order chi connectivity index (χ1) is 35.3. The summed E-state index contributed by atoms with van der Waals surface area (Å²) >= 11 is 9.58. The Kier molecular flexibility index (Phi) is 18.8. The Balaban J connectivity index is 0.000000165. The first kappa shape index (κ1) is 53.2. The van der Waals surface area contributed by atoms with E-state index in [1.54, 1.807) is 36.4 Å². The van der Waals surface area contributed by atoms with Crippen LogP contribution in [0.3, 0.4) is 0 Å². The van der Waals surface area contributed by atoms with Crippen LogP contribution in [-0.4, -0.2) is 62.3 Å². The fourth-order valence-corrected chi connectivity index (χ4v) is 8.70. The molecule has 0 aliphatic carbocycles. The molecular weight excluding hydrogens is 1170 g/mol. The molecule has 1 aliphatic heterocycles. The molecule has 0 saturated carbocycles. The van der Waals surface area contributed by atoms with E-state index in [1.165, 1.54) is 5.56 Å². The molecule has 9 aromatic rings. The highest BCUT2D eigenvalue weighted by molar-refractivity contribution is 14.1. The third-order valence-corrected chi connectivity index (χ3v) is 12.5. The summed E-state index contributed by atoms with van der Waals surface area (Å²) in [4.78, 5) is 56.2. The van der Waals surface area contributed by atoms with E-state index in [0.29, 0.717) is 52.0 Å². The van der Waals surface area contributed by atoms with Crippen LogP contribution in [0.2, 0.25) is 0 Å². The molecule has 0 saturated heterocycles. The van der Waals surface area contributed by atoms with Gasteiger partial charge < -0.3 is 36.1 Å². The molecule has 2 aromatic heterocycles. The lowest BCUT2D eigenvalue weighted by atomic mass is 10.00. The Morgan fingerprint density at radius 1 is 0.685 bits per heavy atom. The van der Waals surface area contributed by atoms with Gasteiger partial charge in [0.1, 0.15) is 0 Å². The van der Waals surface area contributed by atoms with Crippen molar-refractivity contribution in [1.82, 2.24) is 20.6 Å². The molecule has 1 aliphatic rings. The molecule has 73 heavy (non-hydrogen) atoms. The Morgan fingerprint density at radius 2 is 1.25 bits per heavy atom. The number of hydrogen-bond acceptors (Lipinski definition) is 8. The van der Waals surface area contributed by atoms with Gasteiger partial charge in [-0.15, -0.1) is 0 Å². The summed E-state index contributed by atoms with van der Waals surface area (Å²) in [6.45, 7) is 3.15. The highest BCUT2D eigenvalue weighted by Gasteiger charge is 2.21. The standard InChI is InChI=1S/C28H26N4O2.C15H10INO2.C8H6INO.C7H5ClO/c1-3-30-25(33)16-12-19-11-15-23-24(17-19)32-28(34)26(23)27(21-7-5-4-6-8-21)31-22-13-9-20(10-14-22)18-29-2;16-10-6-7-11-12(8-10)17-15(19)13(11)14(18)9-4-2-1-3-5-9;9-6-2-1-5-3-8(11)10-7(5)4-6;8-7(9)6-4-2-1-3-5-6/h4-11,13-15,17,29,32,34H,3,18H2,1-2H3,(H,30,33);1-8,17,19H;1-2,4H,3H2,(H,10,11);1-5H. The number of rotatable bonds is 9. The molecule has 0 fully saturated rings. The Bertz CT molecular complexity index is 3520. The zero-order valence-corrected chi connectivity index (χ0v) is 44.5. The van der Waals surface area contributed by atoms with Gasteiger partial charge in [0.25, 0.3) is 11.1 Å². The highest BCUT2D eigenvalue weighted by Crippen LogP contribution is 2.33. The summed E-state index contributed by atoms with van der Waals surface area (Å²) in [5.74, 6) is 4.99.